The summed E-state index contributed by atoms with van der Waals surface area (Å²) in [4.78, 5) is 25.5. The van der Waals surface area contributed by atoms with Gasteiger partial charge in [0.05, 0.1) is 5.56 Å². The van der Waals surface area contributed by atoms with Gasteiger partial charge in [0.2, 0.25) is 0 Å². The molecule has 6 heteroatoms. The first kappa shape index (κ1) is 18.3. The molecule has 0 aromatic carbocycles. The third-order valence-electron chi connectivity index (χ3n) is 4.82. The van der Waals surface area contributed by atoms with Crippen LogP contribution in [0.2, 0.25) is 0 Å². The number of nitrogens with one attached hydrogen (secondary N) is 1. The molecule has 26 heavy (non-hydrogen) atoms. The minimum atomic E-state index is 0.0831. The molecule has 1 saturated heterocycles. The van der Waals surface area contributed by atoms with E-state index in [2.05, 4.69) is 33.3 Å². The van der Waals surface area contributed by atoms with E-state index in [-0.39, 0.29) is 5.91 Å². The molecule has 2 aromatic rings. The normalized spacial score (nSPS) is 17.3. The zero-order chi connectivity index (χ0) is 18.4. The average Bonchev–Trinajstić information content (AvgIpc) is 2.68. The van der Waals surface area contributed by atoms with Crippen LogP contribution in [0.15, 0.2) is 42.9 Å². The SMILES string of the molecule is CNc1ccc(C(=O)N2CCCC(CN(C)Cc3cccnc3)C2)cn1. The van der Waals surface area contributed by atoms with Crippen LogP contribution in [0, 0.1) is 5.92 Å². The van der Waals surface area contributed by atoms with Crippen LogP contribution in [0.5, 0.6) is 0 Å². The van der Waals surface area contributed by atoms with E-state index in [1.165, 1.54) is 5.56 Å². The Labute approximate surface area is 155 Å². The molecule has 3 rings (SSSR count). The minimum Gasteiger partial charge on any atom is -0.373 e. The summed E-state index contributed by atoms with van der Waals surface area (Å²) >= 11 is 0. The monoisotopic (exact) mass is 353 g/mol. The highest BCUT2D eigenvalue weighted by molar-refractivity contribution is 5.94. The van der Waals surface area contributed by atoms with Crippen molar-refractivity contribution >= 4 is 11.7 Å². The summed E-state index contributed by atoms with van der Waals surface area (Å²) < 4.78 is 0. The highest BCUT2D eigenvalue weighted by Gasteiger charge is 2.25. The van der Waals surface area contributed by atoms with Gasteiger partial charge < -0.3 is 15.1 Å². The molecule has 138 valence electrons. The van der Waals surface area contributed by atoms with E-state index in [1.807, 2.05) is 36.3 Å². The fourth-order valence-corrected chi connectivity index (χ4v) is 3.56. The predicted octanol–water partition coefficient (Wildman–Crippen LogP) is 2.50. The Morgan fingerprint density at radius 2 is 2.23 bits per heavy atom. The van der Waals surface area contributed by atoms with Crippen LogP contribution < -0.4 is 5.32 Å². The lowest BCUT2D eigenvalue weighted by Crippen LogP contribution is -2.43. The molecular weight excluding hydrogens is 326 g/mol. The summed E-state index contributed by atoms with van der Waals surface area (Å²) in [6, 6.07) is 7.76. The molecule has 1 N–H and O–H groups in total. The first-order valence-electron chi connectivity index (χ1n) is 9.16. The molecule has 0 spiro atoms. The molecule has 2 aromatic heterocycles. The molecule has 0 radical (unpaired) electrons. The van der Waals surface area contributed by atoms with Crippen LogP contribution in [0.4, 0.5) is 5.82 Å². The number of carbonyl (C=O) groups is 1. The second-order valence-electron chi connectivity index (χ2n) is 7.00. The first-order chi connectivity index (χ1) is 12.7. The van der Waals surface area contributed by atoms with E-state index in [1.54, 1.807) is 12.4 Å². The second kappa shape index (κ2) is 8.76. The number of hydrogen-bond donors (Lipinski definition) is 1. The van der Waals surface area contributed by atoms with E-state index in [0.717, 1.165) is 44.8 Å². The largest absolute Gasteiger partial charge is 0.373 e. The van der Waals surface area contributed by atoms with Gasteiger partial charge in [0.25, 0.3) is 5.91 Å². The molecule has 1 fully saturated rings. The molecule has 1 atom stereocenters. The van der Waals surface area contributed by atoms with Gasteiger partial charge in [-0.15, -0.1) is 0 Å². The third kappa shape index (κ3) is 4.79. The summed E-state index contributed by atoms with van der Waals surface area (Å²) in [5.74, 6) is 1.36. The van der Waals surface area contributed by atoms with Gasteiger partial charge in [0.1, 0.15) is 5.82 Å². The number of rotatable bonds is 6. The Bertz CT molecular complexity index is 704. The van der Waals surface area contributed by atoms with Crippen molar-refractivity contribution in [3.63, 3.8) is 0 Å². The first-order valence-corrected chi connectivity index (χ1v) is 9.16. The number of anilines is 1. The standard InChI is InChI=1S/C20H27N5O/c1-21-19-8-7-18(12-23-19)20(26)25-10-4-6-17(15-25)14-24(2)13-16-5-3-9-22-11-16/h3,5,7-9,11-12,17H,4,6,10,13-15H2,1-2H3,(H,21,23). The third-order valence-corrected chi connectivity index (χ3v) is 4.82. The van der Waals surface area contributed by atoms with Gasteiger partial charge in [0.15, 0.2) is 0 Å². The minimum absolute atomic E-state index is 0.0831. The van der Waals surface area contributed by atoms with Crippen LogP contribution in [-0.4, -0.2) is 59.4 Å². The van der Waals surface area contributed by atoms with Crippen molar-refractivity contribution < 1.29 is 4.79 Å². The van der Waals surface area contributed by atoms with Crippen molar-refractivity contribution in [3.05, 3.63) is 54.0 Å². The van der Waals surface area contributed by atoms with E-state index >= 15 is 0 Å². The van der Waals surface area contributed by atoms with Gasteiger partial charge in [0, 0.05) is 51.8 Å². The van der Waals surface area contributed by atoms with E-state index in [4.69, 9.17) is 0 Å². The molecule has 1 unspecified atom stereocenters. The van der Waals surface area contributed by atoms with Crippen molar-refractivity contribution in [2.24, 2.45) is 5.92 Å². The van der Waals surface area contributed by atoms with Crippen molar-refractivity contribution in [2.75, 3.05) is 39.0 Å². The Kier molecular flexibility index (Phi) is 6.17. The van der Waals surface area contributed by atoms with Crippen molar-refractivity contribution in [1.82, 2.24) is 19.8 Å². The van der Waals surface area contributed by atoms with Crippen LogP contribution >= 0.6 is 0 Å². The fourth-order valence-electron chi connectivity index (χ4n) is 3.56. The summed E-state index contributed by atoms with van der Waals surface area (Å²) in [7, 11) is 3.95. The maximum atomic E-state index is 12.8. The van der Waals surface area contributed by atoms with Gasteiger partial charge in [-0.25, -0.2) is 4.98 Å². The topological polar surface area (TPSA) is 61.4 Å². The summed E-state index contributed by atoms with van der Waals surface area (Å²) in [6.45, 7) is 3.50. The van der Waals surface area contributed by atoms with Crippen molar-refractivity contribution in [2.45, 2.75) is 19.4 Å². The summed E-state index contributed by atoms with van der Waals surface area (Å²) in [6.07, 6.45) is 7.59. The number of hydrogen-bond acceptors (Lipinski definition) is 5. The van der Waals surface area contributed by atoms with E-state index in [9.17, 15) is 4.79 Å². The Hall–Kier alpha value is -2.47. The Morgan fingerprint density at radius 3 is 2.92 bits per heavy atom. The van der Waals surface area contributed by atoms with Crippen LogP contribution in [0.3, 0.4) is 0 Å². The highest BCUT2D eigenvalue weighted by atomic mass is 16.2. The quantitative estimate of drug-likeness (QED) is 0.865. The summed E-state index contributed by atoms with van der Waals surface area (Å²) in [5, 5.41) is 2.98. The van der Waals surface area contributed by atoms with Crippen LogP contribution in [0.1, 0.15) is 28.8 Å². The maximum absolute atomic E-state index is 12.8. The zero-order valence-electron chi connectivity index (χ0n) is 15.6. The van der Waals surface area contributed by atoms with E-state index < -0.39 is 0 Å². The Balaban J connectivity index is 1.55. The zero-order valence-corrected chi connectivity index (χ0v) is 15.6. The second-order valence-corrected chi connectivity index (χ2v) is 7.00. The number of likely N-dealkylation sites (tertiary alicyclic amines) is 1. The van der Waals surface area contributed by atoms with E-state index in [0.29, 0.717) is 11.5 Å². The molecule has 1 amide bonds. The Morgan fingerprint density at radius 1 is 1.35 bits per heavy atom. The molecule has 0 saturated carbocycles. The van der Waals surface area contributed by atoms with Gasteiger partial charge >= 0.3 is 0 Å². The van der Waals surface area contributed by atoms with Crippen molar-refractivity contribution in [3.8, 4) is 0 Å². The lowest BCUT2D eigenvalue weighted by atomic mass is 9.97. The van der Waals surface area contributed by atoms with Gasteiger partial charge in [-0.3, -0.25) is 9.78 Å². The molecule has 3 heterocycles. The number of pyridine rings is 2. The predicted molar refractivity (Wildman–Crippen MR) is 103 cm³/mol. The van der Waals surface area contributed by atoms with Crippen molar-refractivity contribution in [1.29, 1.82) is 0 Å². The molecule has 0 aliphatic carbocycles. The van der Waals surface area contributed by atoms with Gasteiger partial charge in [-0.05, 0) is 49.6 Å². The number of aromatic nitrogens is 2. The van der Waals surface area contributed by atoms with Gasteiger partial charge in [-0.1, -0.05) is 6.07 Å². The molecule has 1 aliphatic rings. The van der Waals surface area contributed by atoms with Crippen LogP contribution in [0.25, 0.3) is 0 Å². The molecule has 1 aliphatic heterocycles. The number of carbonyl (C=O) groups excluding carboxylic acids is 1. The summed E-state index contributed by atoms with van der Waals surface area (Å²) in [5.41, 5.74) is 1.88. The smallest absolute Gasteiger partial charge is 0.255 e. The highest BCUT2D eigenvalue weighted by Crippen LogP contribution is 2.20. The lowest BCUT2D eigenvalue weighted by Gasteiger charge is -2.34. The molecule has 6 nitrogen and oxygen atoms in total. The number of nitrogens with zero attached hydrogens (tertiary/aromatic N) is 4. The fraction of sp³-hybridized carbons (Fsp3) is 0.450. The lowest BCUT2D eigenvalue weighted by molar-refractivity contribution is 0.0646. The maximum Gasteiger partial charge on any atom is 0.255 e. The number of piperidine rings is 1. The molecular formula is C20H27N5O. The number of amides is 1. The molecule has 0 bridgehead atoms. The van der Waals surface area contributed by atoms with Gasteiger partial charge in [-0.2, -0.15) is 0 Å². The average molecular weight is 353 g/mol. The van der Waals surface area contributed by atoms with Crippen LogP contribution in [-0.2, 0) is 6.54 Å².